The molecule has 1 aromatic heterocycles. The molecule has 5 heteroatoms. The zero-order chi connectivity index (χ0) is 12.1. The molecule has 1 fully saturated rings. The molecule has 2 N–H and O–H groups in total. The van der Waals surface area contributed by atoms with E-state index in [1.165, 1.54) is 19.3 Å². The highest BCUT2D eigenvalue weighted by atomic mass is 16.2. The minimum atomic E-state index is 0.0749. The summed E-state index contributed by atoms with van der Waals surface area (Å²) in [6, 6.07) is 0. The first-order valence-corrected chi connectivity index (χ1v) is 6.45. The van der Waals surface area contributed by atoms with Crippen LogP contribution < -0.4 is 5.32 Å². The van der Waals surface area contributed by atoms with Crippen molar-refractivity contribution in [2.45, 2.75) is 51.9 Å². The van der Waals surface area contributed by atoms with Crippen molar-refractivity contribution in [1.82, 2.24) is 15.2 Å². The van der Waals surface area contributed by atoms with Crippen molar-refractivity contribution in [2.24, 2.45) is 5.92 Å². The first-order chi connectivity index (χ1) is 8.25. The lowest BCUT2D eigenvalue weighted by Gasteiger charge is -2.17. The van der Waals surface area contributed by atoms with Gasteiger partial charge in [-0.05, 0) is 19.8 Å². The van der Waals surface area contributed by atoms with E-state index in [0.29, 0.717) is 5.95 Å². The van der Waals surface area contributed by atoms with Crippen molar-refractivity contribution in [1.29, 1.82) is 0 Å². The summed E-state index contributed by atoms with van der Waals surface area (Å²) in [5.41, 5.74) is 0. The fraction of sp³-hybridized carbons (Fsp3) is 0.750. The second kappa shape index (κ2) is 5.80. The summed E-state index contributed by atoms with van der Waals surface area (Å²) in [6.45, 7) is 1.82. The van der Waals surface area contributed by atoms with Crippen molar-refractivity contribution in [3.63, 3.8) is 0 Å². The third-order valence-corrected chi connectivity index (χ3v) is 3.31. The molecule has 0 aliphatic heterocycles. The largest absolute Gasteiger partial charge is 0.293 e. The van der Waals surface area contributed by atoms with Crippen LogP contribution in [0.3, 0.4) is 0 Å². The number of amides is 1. The Morgan fingerprint density at radius 3 is 2.47 bits per heavy atom. The Bertz CT molecular complexity index is 366. The molecule has 1 amide bonds. The predicted molar refractivity (Wildman–Crippen MR) is 65.6 cm³/mol. The van der Waals surface area contributed by atoms with Gasteiger partial charge in [-0.25, -0.2) is 0 Å². The van der Waals surface area contributed by atoms with Gasteiger partial charge in [0.05, 0.1) is 0 Å². The van der Waals surface area contributed by atoms with Crippen LogP contribution in [0.15, 0.2) is 0 Å². The number of nitrogens with zero attached hydrogens (tertiary/aromatic N) is 2. The van der Waals surface area contributed by atoms with Gasteiger partial charge in [0.15, 0.2) is 0 Å². The lowest BCUT2D eigenvalue weighted by Crippen LogP contribution is -2.24. The third-order valence-electron chi connectivity index (χ3n) is 3.31. The molecule has 1 aliphatic rings. The minimum absolute atomic E-state index is 0.0749. The van der Waals surface area contributed by atoms with Gasteiger partial charge in [-0.2, -0.15) is 4.98 Å². The lowest BCUT2D eigenvalue weighted by atomic mass is 9.90. The third kappa shape index (κ3) is 3.54. The highest BCUT2D eigenvalue weighted by molar-refractivity contribution is 5.90. The molecule has 2 rings (SSSR count). The molecule has 0 saturated heterocycles. The molecule has 5 nitrogen and oxygen atoms in total. The maximum atomic E-state index is 12.0. The van der Waals surface area contributed by atoms with Gasteiger partial charge in [0.25, 0.3) is 0 Å². The average molecular weight is 236 g/mol. The number of carbonyl (C=O) groups is 1. The number of aromatic nitrogens is 3. The monoisotopic (exact) mass is 236 g/mol. The van der Waals surface area contributed by atoms with Crippen LogP contribution in [0.2, 0.25) is 0 Å². The molecular weight excluding hydrogens is 216 g/mol. The van der Waals surface area contributed by atoms with E-state index in [4.69, 9.17) is 0 Å². The van der Waals surface area contributed by atoms with Crippen molar-refractivity contribution < 1.29 is 4.79 Å². The van der Waals surface area contributed by atoms with Crippen LogP contribution in [0.25, 0.3) is 0 Å². The molecule has 1 aliphatic carbocycles. The molecule has 1 heterocycles. The van der Waals surface area contributed by atoms with E-state index >= 15 is 0 Å². The topological polar surface area (TPSA) is 70.7 Å². The number of anilines is 1. The van der Waals surface area contributed by atoms with E-state index in [9.17, 15) is 4.79 Å². The van der Waals surface area contributed by atoms with Gasteiger partial charge >= 0.3 is 0 Å². The Hall–Kier alpha value is -1.39. The predicted octanol–water partition coefficient (Wildman–Crippen LogP) is 2.41. The molecule has 1 aromatic rings. The fourth-order valence-corrected chi connectivity index (χ4v) is 2.33. The van der Waals surface area contributed by atoms with Crippen LogP contribution in [-0.4, -0.2) is 21.1 Å². The van der Waals surface area contributed by atoms with Crippen LogP contribution in [0.4, 0.5) is 5.95 Å². The quantitative estimate of drug-likeness (QED) is 0.828. The summed E-state index contributed by atoms with van der Waals surface area (Å²) in [7, 11) is 0. The maximum Gasteiger partial charge on any atom is 0.248 e. The SMILES string of the molecule is Cc1nc(NC(=O)C2CCCCCCC2)n[nH]1. The number of aryl methyl sites for hydroxylation is 1. The van der Waals surface area contributed by atoms with E-state index in [1.807, 2.05) is 6.92 Å². The van der Waals surface area contributed by atoms with Crippen molar-refractivity contribution in [3.05, 3.63) is 5.82 Å². The second-order valence-corrected chi connectivity index (χ2v) is 4.78. The number of hydrogen-bond donors (Lipinski definition) is 2. The van der Waals surface area contributed by atoms with E-state index < -0.39 is 0 Å². The van der Waals surface area contributed by atoms with Gasteiger partial charge in [-0.1, -0.05) is 32.1 Å². The van der Waals surface area contributed by atoms with Gasteiger partial charge in [0.1, 0.15) is 5.82 Å². The number of carbonyl (C=O) groups excluding carboxylic acids is 1. The number of hydrogen-bond acceptors (Lipinski definition) is 3. The maximum absolute atomic E-state index is 12.0. The Labute approximate surface area is 101 Å². The normalized spacial score (nSPS) is 18.4. The first kappa shape index (κ1) is 12.1. The lowest BCUT2D eigenvalue weighted by molar-refractivity contribution is -0.120. The second-order valence-electron chi connectivity index (χ2n) is 4.78. The van der Waals surface area contributed by atoms with Crippen LogP contribution >= 0.6 is 0 Å². The van der Waals surface area contributed by atoms with Crippen LogP contribution in [0.1, 0.15) is 50.8 Å². The first-order valence-electron chi connectivity index (χ1n) is 6.45. The molecule has 0 unspecified atom stereocenters. The molecule has 17 heavy (non-hydrogen) atoms. The Morgan fingerprint density at radius 2 is 1.88 bits per heavy atom. The highest BCUT2D eigenvalue weighted by Crippen LogP contribution is 2.23. The summed E-state index contributed by atoms with van der Waals surface area (Å²) in [5.74, 6) is 1.33. The Balaban J connectivity index is 1.89. The number of H-pyrrole nitrogens is 1. The number of rotatable bonds is 2. The van der Waals surface area contributed by atoms with Gasteiger partial charge in [0, 0.05) is 5.92 Å². The van der Waals surface area contributed by atoms with E-state index in [2.05, 4.69) is 20.5 Å². The summed E-state index contributed by atoms with van der Waals surface area (Å²) in [6.07, 6.45) is 8.13. The van der Waals surface area contributed by atoms with E-state index in [-0.39, 0.29) is 11.8 Å². The van der Waals surface area contributed by atoms with Crippen molar-refractivity contribution in [2.75, 3.05) is 5.32 Å². The molecule has 0 aromatic carbocycles. The Morgan fingerprint density at radius 1 is 1.24 bits per heavy atom. The number of aromatic amines is 1. The van der Waals surface area contributed by atoms with Gasteiger partial charge in [0.2, 0.25) is 11.9 Å². The van der Waals surface area contributed by atoms with Crippen LogP contribution in [-0.2, 0) is 4.79 Å². The van der Waals surface area contributed by atoms with E-state index in [1.54, 1.807) is 0 Å². The zero-order valence-electron chi connectivity index (χ0n) is 10.3. The van der Waals surface area contributed by atoms with Gasteiger partial charge < -0.3 is 0 Å². The number of nitrogens with one attached hydrogen (secondary N) is 2. The molecule has 1 saturated carbocycles. The summed E-state index contributed by atoms with van der Waals surface area (Å²) in [5, 5.41) is 9.44. The van der Waals surface area contributed by atoms with Gasteiger partial charge in [-0.3, -0.25) is 15.2 Å². The molecule has 0 atom stereocenters. The molecule has 0 bridgehead atoms. The molecule has 0 spiro atoms. The standard InChI is InChI=1S/C12H20N4O/c1-9-13-12(16-15-9)14-11(17)10-7-5-3-2-4-6-8-10/h10H,2-8H2,1H3,(H2,13,14,15,16,17). The summed E-state index contributed by atoms with van der Waals surface area (Å²) in [4.78, 5) is 16.1. The summed E-state index contributed by atoms with van der Waals surface area (Å²) < 4.78 is 0. The average Bonchev–Trinajstić information content (AvgIpc) is 2.63. The van der Waals surface area contributed by atoms with Crippen molar-refractivity contribution >= 4 is 11.9 Å². The molecule has 94 valence electrons. The zero-order valence-corrected chi connectivity index (χ0v) is 10.3. The fourth-order valence-electron chi connectivity index (χ4n) is 2.33. The van der Waals surface area contributed by atoms with E-state index in [0.717, 1.165) is 31.5 Å². The summed E-state index contributed by atoms with van der Waals surface area (Å²) >= 11 is 0. The smallest absolute Gasteiger partial charge is 0.248 e. The molecular formula is C12H20N4O. The van der Waals surface area contributed by atoms with Crippen LogP contribution in [0, 0.1) is 12.8 Å². The Kier molecular flexibility index (Phi) is 4.12. The minimum Gasteiger partial charge on any atom is -0.293 e. The highest BCUT2D eigenvalue weighted by Gasteiger charge is 2.20. The van der Waals surface area contributed by atoms with Crippen LogP contribution in [0.5, 0.6) is 0 Å². The molecule has 0 radical (unpaired) electrons. The van der Waals surface area contributed by atoms with Crippen molar-refractivity contribution in [3.8, 4) is 0 Å². The van der Waals surface area contributed by atoms with Gasteiger partial charge in [-0.15, -0.1) is 5.10 Å².